The zero-order chi connectivity index (χ0) is 14.3. The zero-order valence-corrected chi connectivity index (χ0v) is 11.7. The third-order valence-electron chi connectivity index (χ3n) is 2.83. The summed E-state index contributed by atoms with van der Waals surface area (Å²) in [6.07, 6.45) is -0.596. The summed E-state index contributed by atoms with van der Waals surface area (Å²) in [6.45, 7) is 0.847. The van der Waals surface area contributed by atoms with Crippen molar-refractivity contribution in [1.82, 2.24) is 4.90 Å². The van der Waals surface area contributed by atoms with E-state index >= 15 is 0 Å². The second-order valence-corrected chi connectivity index (χ2v) is 4.46. The minimum Gasteiger partial charge on any atom is -0.383 e. The van der Waals surface area contributed by atoms with Crippen molar-refractivity contribution in [2.75, 3.05) is 34.4 Å². The van der Waals surface area contributed by atoms with Crippen LogP contribution >= 0.6 is 0 Å². The van der Waals surface area contributed by atoms with E-state index in [1.807, 2.05) is 30.3 Å². The fourth-order valence-corrected chi connectivity index (χ4v) is 1.92. The predicted molar refractivity (Wildman–Crippen MR) is 73.7 cm³/mol. The number of hydrogen-bond donors (Lipinski definition) is 1. The van der Waals surface area contributed by atoms with Gasteiger partial charge in [0.05, 0.1) is 6.61 Å². The maximum atomic E-state index is 12.3. The SMILES string of the molecule is COCC(N)CN(C)C(=O)C(OC)c1ccccc1. The highest BCUT2D eigenvalue weighted by Gasteiger charge is 2.24. The first-order valence-corrected chi connectivity index (χ1v) is 6.17. The summed E-state index contributed by atoms with van der Waals surface area (Å²) in [4.78, 5) is 13.9. The number of benzene rings is 1. The largest absolute Gasteiger partial charge is 0.383 e. The first kappa shape index (κ1) is 15.6. The van der Waals surface area contributed by atoms with Gasteiger partial charge in [-0.05, 0) is 5.56 Å². The highest BCUT2D eigenvalue weighted by atomic mass is 16.5. The third-order valence-corrected chi connectivity index (χ3v) is 2.83. The van der Waals surface area contributed by atoms with Crippen LogP contribution in [0.3, 0.4) is 0 Å². The lowest BCUT2D eigenvalue weighted by molar-refractivity contribution is -0.141. The molecule has 1 amide bonds. The molecule has 0 spiro atoms. The molecule has 0 aromatic heterocycles. The van der Waals surface area contributed by atoms with Gasteiger partial charge < -0.3 is 20.1 Å². The lowest BCUT2D eigenvalue weighted by Gasteiger charge is -2.25. The van der Waals surface area contributed by atoms with E-state index < -0.39 is 6.10 Å². The molecule has 2 atom stereocenters. The van der Waals surface area contributed by atoms with Gasteiger partial charge in [0.2, 0.25) is 0 Å². The predicted octanol–water partition coefficient (Wildman–Crippen LogP) is 0.806. The van der Waals surface area contributed by atoms with Gasteiger partial charge in [-0.2, -0.15) is 0 Å². The Hall–Kier alpha value is -1.43. The number of nitrogens with zero attached hydrogens (tertiary/aromatic N) is 1. The molecule has 0 saturated heterocycles. The standard InChI is InChI=1S/C14H22N2O3/c1-16(9-12(15)10-18-2)14(17)13(19-3)11-7-5-4-6-8-11/h4-8,12-13H,9-10,15H2,1-3H3. The van der Waals surface area contributed by atoms with Gasteiger partial charge in [0, 0.05) is 33.9 Å². The van der Waals surface area contributed by atoms with Crippen LogP contribution in [0.1, 0.15) is 11.7 Å². The molecule has 0 bridgehead atoms. The molecule has 0 aliphatic carbocycles. The molecule has 1 aromatic carbocycles. The molecule has 0 aliphatic rings. The average molecular weight is 266 g/mol. The van der Waals surface area contributed by atoms with Gasteiger partial charge in [-0.1, -0.05) is 30.3 Å². The van der Waals surface area contributed by atoms with Gasteiger partial charge in [0.15, 0.2) is 6.10 Å². The molecular weight excluding hydrogens is 244 g/mol. The molecule has 106 valence electrons. The molecule has 19 heavy (non-hydrogen) atoms. The molecule has 2 N–H and O–H groups in total. The number of rotatable bonds is 7. The van der Waals surface area contributed by atoms with E-state index in [1.54, 1.807) is 19.1 Å². The first-order valence-electron chi connectivity index (χ1n) is 6.17. The van der Waals surface area contributed by atoms with Gasteiger partial charge in [0.1, 0.15) is 0 Å². The number of ether oxygens (including phenoxy) is 2. The van der Waals surface area contributed by atoms with E-state index in [9.17, 15) is 4.79 Å². The van der Waals surface area contributed by atoms with Crippen molar-refractivity contribution in [2.24, 2.45) is 5.73 Å². The van der Waals surface area contributed by atoms with Gasteiger partial charge >= 0.3 is 0 Å². The van der Waals surface area contributed by atoms with Crippen LogP contribution in [0.25, 0.3) is 0 Å². The summed E-state index contributed by atoms with van der Waals surface area (Å²) in [7, 11) is 4.83. The van der Waals surface area contributed by atoms with Crippen molar-refractivity contribution >= 4 is 5.91 Å². The number of nitrogens with two attached hydrogens (primary N) is 1. The number of likely N-dealkylation sites (N-methyl/N-ethyl adjacent to an activating group) is 1. The Balaban J connectivity index is 2.68. The fraction of sp³-hybridized carbons (Fsp3) is 0.500. The van der Waals surface area contributed by atoms with Crippen LogP contribution < -0.4 is 5.73 Å². The summed E-state index contributed by atoms with van der Waals surface area (Å²) >= 11 is 0. The van der Waals surface area contributed by atoms with E-state index in [-0.39, 0.29) is 11.9 Å². The lowest BCUT2D eigenvalue weighted by atomic mass is 10.1. The van der Waals surface area contributed by atoms with Crippen LogP contribution in [0.5, 0.6) is 0 Å². The Bertz CT molecular complexity index is 384. The lowest BCUT2D eigenvalue weighted by Crippen LogP contribution is -2.43. The highest BCUT2D eigenvalue weighted by molar-refractivity contribution is 5.82. The molecule has 1 rings (SSSR count). The molecule has 0 saturated carbocycles. The minimum absolute atomic E-state index is 0.111. The maximum absolute atomic E-state index is 12.3. The number of carbonyl (C=O) groups excluding carboxylic acids is 1. The molecule has 0 aliphatic heterocycles. The Morgan fingerprint density at radius 1 is 1.32 bits per heavy atom. The molecule has 0 heterocycles. The first-order chi connectivity index (χ1) is 9.10. The Morgan fingerprint density at radius 3 is 2.47 bits per heavy atom. The summed E-state index contributed by atoms with van der Waals surface area (Å²) in [6, 6.07) is 9.20. The van der Waals surface area contributed by atoms with Crippen LogP contribution in [-0.4, -0.2) is 51.3 Å². The second-order valence-electron chi connectivity index (χ2n) is 4.46. The van der Waals surface area contributed by atoms with Gasteiger partial charge in [-0.25, -0.2) is 0 Å². The van der Waals surface area contributed by atoms with Crippen LogP contribution in [0.15, 0.2) is 30.3 Å². The average Bonchev–Trinajstić information content (AvgIpc) is 2.40. The van der Waals surface area contributed by atoms with Crippen molar-refractivity contribution in [2.45, 2.75) is 12.1 Å². The van der Waals surface area contributed by atoms with Crippen molar-refractivity contribution in [3.8, 4) is 0 Å². The highest BCUT2D eigenvalue weighted by Crippen LogP contribution is 2.18. The van der Waals surface area contributed by atoms with E-state index in [4.69, 9.17) is 15.2 Å². The summed E-state index contributed by atoms with van der Waals surface area (Å²) in [5, 5.41) is 0. The Morgan fingerprint density at radius 2 is 1.95 bits per heavy atom. The maximum Gasteiger partial charge on any atom is 0.256 e. The van der Waals surface area contributed by atoms with Gasteiger partial charge in [0.25, 0.3) is 5.91 Å². The summed E-state index contributed by atoms with van der Waals surface area (Å²) in [5.41, 5.74) is 6.68. The smallest absolute Gasteiger partial charge is 0.256 e. The van der Waals surface area contributed by atoms with Crippen molar-refractivity contribution < 1.29 is 14.3 Å². The molecule has 1 aromatic rings. The van der Waals surface area contributed by atoms with E-state index in [1.165, 1.54) is 7.11 Å². The topological polar surface area (TPSA) is 64.8 Å². The minimum atomic E-state index is -0.596. The molecule has 5 heteroatoms. The molecule has 5 nitrogen and oxygen atoms in total. The van der Waals surface area contributed by atoms with Crippen LogP contribution in [0, 0.1) is 0 Å². The van der Waals surface area contributed by atoms with Crippen LogP contribution in [0.4, 0.5) is 0 Å². The number of methoxy groups -OCH3 is 2. The number of carbonyl (C=O) groups is 1. The van der Waals surface area contributed by atoms with Gasteiger partial charge in [-0.3, -0.25) is 4.79 Å². The van der Waals surface area contributed by atoms with Crippen LogP contribution in [0.2, 0.25) is 0 Å². The van der Waals surface area contributed by atoms with Crippen molar-refractivity contribution in [3.05, 3.63) is 35.9 Å². The van der Waals surface area contributed by atoms with E-state index in [2.05, 4.69) is 0 Å². The van der Waals surface area contributed by atoms with Crippen molar-refractivity contribution in [1.29, 1.82) is 0 Å². The Labute approximate surface area is 114 Å². The number of amides is 1. The Kier molecular flexibility index (Phi) is 6.49. The van der Waals surface area contributed by atoms with Crippen LogP contribution in [-0.2, 0) is 14.3 Å². The number of hydrogen-bond acceptors (Lipinski definition) is 4. The van der Waals surface area contributed by atoms with Gasteiger partial charge in [-0.15, -0.1) is 0 Å². The van der Waals surface area contributed by atoms with Crippen molar-refractivity contribution in [3.63, 3.8) is 0 Å². The molecule has 0 radical (unpaired) electrons. The van der Waals surface area contributed by atoms with E-state index in [0.717, 1.165) is 5.56 Å². The monoisotopic (exact) mass is 266 g/mol. The molecule has 0 fully saturated rings. The normalized spacial score (nSPS) is 13.9. The molecular formula is C14H22N2O3. The second kappa shape index (κ2) is 7.89. The summed E-state index contributed by atoms with van der Waals surface area (Å²) in [5.74, 6) is -0.111. The third kappa shape index (κ3) is 4.63. The zero-order valence-electron chi connectivity index (χ0n) is 11.7. The molecule has 2 unspecified atom stereocenters. The quantitative estimate of drug-likeness (QED) is 0.793. The fourth-order valence-electron chi connectivity index (χ4n) is 1.92. The summed E-state index contributed by atoms with van der Waals surface area (Å²) < 4.78 is 10.3. The van der Waals surface area contributed by atoms with E-state index in [0.29, 0.717) is 13.2 Å².